The smallest absolute Gasteiger partial charge is 0.115 e. The standard InChI is InChI=1S/C24H30Cl2N2O2/c25-23-6-5-18(13-24(23)26)15-28-9-2-12-30-22(17-28)16-27-10-7-19(8-11-27)20-3-1-4-21(29)14-20/h1,3-6,13-14,19,22,29H,2,7-12,15-17H2. The van der Waals surface area contributed by atoms with E-state index in [1.807, 2.05) is 24.3 Å². The van der Waals surface area contributed by atoms with Crippen molar-refractivity contribution in [3.8, 4) is 5.75 Å². The van der Waals surface area contributed by atoms with Crippen LogP contribution in [0.2, 0.25) is 10.0 Å². The Morgan fingerprint density at radius 1 is 0.967 bits per heavy atom. The average Bonchev–Trinajstić information content (AvgIpc) is 2.96. The number of likely N-dealkylation sites (tertiary alicyclic amines) is 1. The average molecular weight is 449 g/mol. The fourth-order valence-corrected chi connectivity index (χ4v) is 4.96. The lowest BCUT2D eigenvalue weighted by atomic mass is 9.89. The topological polar surface area (TPSA) is 35.9 Å². The number of piperidine rings is 1. The monoisotopic (exact) mass is 448 g/mol. The van der Waals surface area contributed by atoms with E-state index in [0.29, 0.717) is 21.7 Å². The molecule has 0 aliphatic carbocycles. The molecule has 0 bridgehead atoms. The highest BCUT2D eigenvalue weighted by atomic mass is 35.5. The summed E-state index contributed by atoms with van der Waals surface area (Å²) in [5.74, 6) is 0.901. The first-order valence-electron chi connectivity index (χ1n) is 10.9. The fourth-order valence-electron chi connectivity index (χ4n) is 4.64. The molecule has 2 fully saturated rings. The van der Waals surface area contributed by atoms with Crippen LogP contribution in [0.15, 0.2) is 42.5 Å². The molecule has 1 unspecified atom stereocenters. The largest absolute Gasteiger partial charge is 0.508 e. The van der Waals surface area contributed by atoms with E-state index in [-0.39, 0.29) is 6.10 Å². The number of hydrogen-bond acceptors (Lipinski definition) is 4. The Morgan fingerprint density at radius 2 is 1.80 bits per heavy atom. The molecule has 0 aromatic heterocycles. The number of hydrogen-bond donors (Lipinski definition) is 1. The van der Waals surface area contributed by atoms with E-state index in [2.05, 4.69) is 21.9 Å². The third-order valence-corrected chi connectivity index (χ3v) is 6.95. The molecule has 0 amide bonds. The molecule has 2 aliphatic rings. The summed E-state index contributed by atoms with van der Waals surface area (Å²) in [6.45, 7) is 6.80. The van der Waals surface area contributed by atoms with Crippen molar-refractivity contribution in [1.29, 1.82) is 0 Å². The SMILES string of the molecule is Oc1cccc(C2CCN(CC3CN(Cc4ccc(Cl)c(Cl)c4)CCCO3)CC2)c1. The summed E-state index contributed by atoms with van der Waals surface area (Å²) in [5.41, 5.74) is 2.45. The zero-order valence-electron chi connectivity index (χ0n) is 17.3. The van der Waals surface area contributed by atoms with Gasteiger partial charge in [-0.1, -0.05) is 41.4 Å². The molecule has 2 aromatic rings. The van der Waals surface area contributed by atoms with E-state index in [0.717, 1.165) is 65.1 Å². The Morgan fingerprint density at radius 3 is 2.57 bits per heavy atom. The summed E-state index contributed by atoms with van der Waals surface area (Å²) in [4.78, 5) is 5.00. The molecule has 6 heteroatoms. The molecule has 2 heterocycles. The molecule has 0 saturated carbocycles. The van der Waals surface area contributed by atoms with Crippen LogP contribution in [0, 0.1) is 0 Å². The number of phenols is 1. The lowest BCUT2D eigenvalue weighted by Gasteiger charge is -2.35. The molecule has 0 radical (unpaired) electrons. The van der Waals surface area contributed by atoms with E-state index in [9.17, 15) is 5.11 Å². The maximum Gasteiger partial charge on any atom is 0.115 e. The first-order valence-corrected chi connectivity index (χ1v) is 11.6. The molecule has 4 nitrogen and oxygen atoms in total. The van der Waals surface area contributed by atoms with Gasteiger partial charge in [0.05, 0.1) is 16.1 Å². The maximum absolute atomic E-state index is 9.75. The van der Waals surface area contributed by atoms with Crippen LogP contribution >= 0.6 is 23.2 Å². The zero-order valence-corrected chi connectivity index (χ0v) is 18.8. The minimum atomic E-state index is 0.229. The molecule has 1 N–H and O–H groups in total. The van der Waals surface area contributed by atoms with Gasteiger partial charge in [0, 0.05) is 32.8 Å². The normalized spacial score (nSPS) is 22.1. The number of phenolic OH excluding ortho intramolecular Hbond substituents is 1. The molecule has 162 valence electrons. The van der Waals surface area contributed by atoms with Gasteiger partial charge in [0.2, 0.25) is 0 Å². The number of nitrogens with zero attached hydrogens (tertiary/aromatic N) is 2. The van der Waals surface area contributed by atoms with Crippen molar-refractivity contribution < 1.29 is 9.84 Å². The van der Waals surface area contributed by atoms with Gasteiger partial charge >= 0.3 is 0 Å². The van der Waals surface area contributed by atoms with Crippen LogP contribution in [0.1, 0.15) is 36.3 Å². The molecule has 2 aliphatic heterocycles. The predicted octanol–water partition coefficient (Wildman–Crippen LogP) is 5.17. The molecule has 30 heavy (non-hydrogen) atoms. The highest BCUT2D eigenvalue weighted by Gasteiger charge is 2.25. The second kappa shape index (κ2) is 10.3. The third-order valence-electron chi connectivity index (χ3n) is 6.22. The Balaban J connectivity index is 1.29. The maximum atomic E-state index is 9.75. The van der Waals surface area contributed by atoms with E-state index in [1.54, 1.807) is 6.07 Å². The van der Waals surface area contributed by atoms with Crippen molar-refractivity contribution in [3.05, 3.63) is 63.6 Å². The van der Waals surface area contributed by atoms with Gasteiger partial charge in [0.25, 0.3) is 0 Å². The van der Waals surface area contributed by atoms with Crippen molar-refractivity contribution in [3.63, 3.8) is 0 Å². The molecule has 4 rings (SSSR count). The molecular weight excluding hydrogens is 419 g/mol. The minimum absolute atomic E-state index is 0.229. The lowest BCUT2D eigenvalue weighted by molar-refractivity contribution is 0.0203. The zero-order chi connectivity index (χ0) is 20.9. The Kier molecular flexibility index (Phi) is 7.55. The van der Waals surface area contributed by atoms with Gasteiger partial charge in [-0.2, -0.15) is 0 Å². The van der Waals surface area contributed by atoms with Crippen molar-refractivity contribution in [2.45, 2.75) is 37.8 Å². The van der Waals surface area contributed by atoms with Crippen LogP contribution in [-0.2, 0) is 11.3 Å². The van der Waals surface area contributed by atoms with Crippen LogP contribution in [0.25, 0.3) is 0 Å². The van der Waals surface area contributed by atoms with Gasteiger partial charge in [0.15, 0.2) is 0 Å². The Bertz CT molecular complexity index is 840. The van der Waals surface area contributed by atoms with E-state index >= 15 is 0 Å². The van der Waals surface area contributed by atoms with Crippen LogP contribution in [0.3, 0.4) is 0 Å². The summed E-state index contributed by atoms with van der Waals surface area (Å²) in [5, 5.41) is 11.0. The summed E-state index contributed by atoms with van der Waals surface area (Å²) < 4.78 is 6.18. The van der Waals surface area contributed by atoms with Gasteiger partial charge in [-0.25, -0.2) is 0 Å². The van der Waals surface area contributed by atoms with Crippen LogP contribution in [0.4, 0.5) is 0 Å². The number of halogens is 2. The second-order valence-corrected chi connectivity index (χ2v) is 9.31. The fraction of sp³-hybridized carbons (Fsp3) is 0.500. The van der Waals surface area contributed by atoms with Gasteiger partial charge in [-0.15, -0.1) is 0 Å². The first kappa shape index (κ1) is 21.9. The summed E-state index contributed by atoms with van der Waals surface area (Å²) in [6.07, 6.45) is 3.54. The number of benzene rings is 2. The molecule has 2 saturated heterocycles. The van der Waals surface area contributed by atoms with Gasteiger partial charge in [-0.05, 0) is 73.7 Å². The summed E-state index contributed by atoms with van der Waals surface area (Å²) in [6, 6.07) is 13.6. The second-order valence-electron chi connectivity index (χ2n) is 8.50. The number of aromatic hydroxyl groups is 1. The Hall–Kier alpha value is -1.30. The molecule has 0 spiro atoms. The van der Waals surface area contributed by atoms with Crippen molar-refractivity contribution >= 4 is 23.2 Å². The van der Waals surface area contributed by atoms with Gasteiger partial charge in [0.1, 0.15) is 5.75 Å². The highest BCUT2D eigenvalue weighted by Crippen LogP contribution is 2.30. The van der Waals surface area contributed by atoms with E-state index < -0.39 is 0 Å². The molecule has 1 atom stereocenters. The van der Waals surface area contributed by atoms with E-state index in [4.69, 9.17) is 27.9 Å². The number of ether oxygens (including phenoxy) is 1. The quantitative estimate of drug-likeness (QED) is 0.684. The van der Waals surface area contributed by atoms with Crippen molar-refractivity contribution in [2.24, 2.45) is 0 Å². The predicted molar refractivity (Wildman–Crippen MR) is 123 cm³/mol. The molecular formula is C24H30Cl2N2O2. The van der Waals surface area contributed by atoms with Crippen molar-refractivity contribution in [2.75, 3.05) is 39.3 Å². The third kappa shape index (κ3) is 5.89. The highest BCUT2D eigenvalue weighted by molar-refractivity contribution is 6.42. The summed E-state index contributed by atoms with van der Waals surface area (Å²) >= 11 is 12.2. The summed E-state index contributed by atoms with van der Waals surface area (Å²) in [7, 11) is 0. The number of rotatable bonds is 5. The lowest BCUT2D eigenvalue weighted by Crippen LogP contribution is -2.43. The Labute approximate surface area is 189 Å². The van der Waals surface area contributed by atoms with Gasteiger partial charge in [-0.3, -0.25) is 4.90 Å². The van der Waals surface area contributed by atoms with Crippen LogP contribution in [-0.4, -0.2) is 60.3 Å². The van der Waals surface area contributed by atoms with Crippen LogP contribution < -0.4 is 0 Å². The van der Waals surface area contributed by atoms with Gasteiger partial charge < -0.3 is 14.7 Å². The minimum Gasteiger partial charge on any atom is -0.508 e. The van der Waals surface area contributed by atoms with Crippen LogP contribution in [0.5, 0.6) is 5.75 Å². The molecule has 2 aromatic carbocycles. The van der Waals surface area contributed by atoms with E-state index in [1.165, 1.54) is 11.1 Å². The van der Waals surface area contributed by atoms with Crippen molar-refractivity contribution in [1.82, 2.24) is 9.80 Å². The first-order chi connectivity index (χ1) is 14.6.